The highest BCUT2D eigenvalue weighted by Crippen LogP contribution is 2.38. The van der Waals surface area contributed by atoms with Gasteiger partial charge in [0.25, 0.3) is 0 Å². The van der Waals surface area contributed by atoms with E-state index in [0.717, 1.165) is 6.42 Å². The van der Waals surface area contributed by atoms with Crippen LogP contribution in [0.3, 0.4) is 0 Å². The maximum absolute atomic E-state index is 9.51. The molecule has 1 rings (SSSR count). The van der Waals surface area contributed by atoms with E-state index in [-0.39, 0.29) is 11.6 Å². The second-order valence-electron chi connectivity index (χ2n) is 6.59. The van der Waals surface area contributed by atoms with E-state index in [1.807, 2.05) is 6.92 Å². The topological polar surface area (TPSA) is 58.3 Å². The minimum Gasteiger partial charge on any atom is -0.393 e. The van der Waals surface area contributed by atoms with Crippen LogP contribution in [-0.4, -0.2) is 29.3 Å². The standard InChI is InChI=1S/C15H32N2O/c1-11(2)14-7-5-6-8-15(14,10-16)17-12(3)9-13(4)18/h11-14,17-18H,5-10,16H2,1-4H3. The predicted molar refractivity (Wildman–Crippen MR) is 77.5 cm³/mol. The van der Waals surface area contributed by atoms with Crippen LogP contribution in [0.2, 0.25) is 0 Å². The van der Waals surface area contributed by atoms with Gasteiger partial charge < -0.3 is 16.2 Å². The Hall–Kier alpha value is -0.120. The van der Waals surface area contributed by atoms with Crippen LogP contribution in [0.15, 0.2) is 0 Å². The highest BCUT2D eigenvalue weighted by atomic mass is 16.3. The van der Waals surface area contributed by atoms with Crippen molar-refractivity contribution >= 4 is 0 Å². The van der Waals surface area contributed by atoms with E-state index >= 15 is 0 Å². The fraction of sp³-hybridized carbons (Fsp3) is 1.00. The summed E-state index contributed by atoms with van der Waals surface area (Å²) in [4.78, 5) is 0. The van der Waals surface area contributed by atoms with Crippen molar-refractivity contribution in [3.8, 4) is 0 Å². The normalized spacial score (nSPS) is 32.5. The zero-order valence-corrected chi connectivity index (χ0v) is 12.6. The highest BCUT2D eigenvalue weighted by molar-refractivity contribution is 5.00. The van der Waals surface area contributed by atoms with E-state index in [9.17, 15) is 5.11 Å². The minimum atomic E-state index is -0.247. The van der Waals surface area contributed by atoms with Crippen LogP contribution in [0.4, 0.5) is 0 Å². The van der Waals surface area contributed by atoms with Crippen LogP contribution in [-0.2, 0) is 0 Å². The monoisotopic (exact) mass is 256 g/mol. The Labute approximate surface area is 113 Å². The average Bonchev–Trinajstić information content (AvgIpc) is 2.27. The van der Waals surface area contributed by atoms with E-state index in [4.69, 9.17) is 5.73 Å². The second kappa shape index (κ2) is 6.88. The Bertz CT molecular complexity index is 243. The molecular weight excluding hydrogens is 224 g/mol. The van der Waals surface area contributed by atoms with Crippen molar-refractivity contribution in [2.45, 2.75) is 77.5 Å². The molecule has 0 aromatic heterocycles. The number of aliphatic hydroxyl groups is 1. The third-order valence-corrected chi connectivity index (χ3v) is 4.50. The minimum absolute atomic E-state index is 0.0841. The molecule has 3 nitrogen and oxygen atoms in total. The molecule has 1 saturated carbocycles. The molecule has 1 fully saturated rings. The van der Waals surface area contributed by atoms with Gasteiger partial charge in [-0.15, -0.1) is 0 Å². The largest absolute Gasteiger partial charge is 0.393 e. The number of nitrogens with one attached hydrogen (secondary N) is 1. The first kappa shape index (κ1) is 15.9. The van der Waals surface area contributed by atoms with Gasteiger partial charge in [0.1, 0.15) is 0 Å². The number of rotatable bonds is 6. The Morgan fingerprint density at radius 1 is 1.28 bits per heavy atom. The molecule has 0 aliphatic heterocycles. The maximum Gasteiger partial charge on any atom is 0.0526 e. The smallest absolute Gasteiger partial charge is 0.0526 e. The number of aliphatic hydroxyl groups excluding tert-OH is 1. The molecule has 18 heavy (non-hydrogen) atoms. The lowest BCUT2D eigenvalue weighted by Crippen LogP contribution is -2.61. The quantitative estimate of drug-likeness (QED) is 0.683. The first-order chi connectivity index (χ1) is 8.41. The highest BCUT2D eigenvalue weighted by Gasteiger charge is 2.41. The molecular formula is C15H32N2O. The van der Waals surface area contributed by atoms with Crippen molar-refractivity contribution in [2.24, 2.45) is 17.6 Å². The summed E-state index contributed by atoms with van der Waals surface area (Å²) in [5.41, 5.74) is 6.20. The first-order valence-electron chi connectivity index (χ1n) is 7.57. The van der Waals surface area contributed by atoms with Crippen LogP contribution in [0.25, 0.3) is 0 Å². The molecule has 0 spiro atoms. The molecule has 3 heteroatoms. The lowest BCUT2D eigenvalue weighted by atomic mass is 9.67. The fourth-order valence-corrected chi connectivity index (χ4v) is 3.79. The SMILES string of the molecule is CC(O)CC(C)NC1(CN)CCCCC1C(C)C. The lowest BCUT2D eigenvalue weighted by molar-refractivity contribution is 0.0849. The second-order valence-corrected chi connectivity index (χ2v) is 6.59. The van der Waals surface area contributed by atoms with Gasteiger partial charge in [0.15, 0.2) is 0 Å². The Kier molecular flexibility index (Phi) is 6.09. The Morgan fingerprint density at radius 3 is 2.44 bits per heavy atom. The molecule has 0 heterocycles. The van der Waals surface area contributed by atoms with Gasteiger partial charge in [0.05, 0.1) is 6.10 Å². The van der Waals surface area contributed by atoms with E-state index in [0.29, 0.717) is 24.4 Å². The van der Waals surface area contributed by atoms with Gasteiger partial charge >= 0.3 is 0 Å². The van der Waals surface area contributed by atoms with Crippen LogP contribution in [0.1, 0.15) is 59.8 Å². The third-order valence-electron chi connectivity index (χ3n) is 4.50. The Morgan fingerprint density at radius 2 is 1.94 bits per heavy atom. The van der Waals surface area contributed by atoms with E-state index < -0.39 is 0 Å². The van der Waals surface area contributed by atoms with Crippen molar-refractivity contribution in [1.29, 1.82) is 0 Å². The molecule has 0 amide bonds. The number of hydrogen-bond donors (Lipinski definition) is 3. The molecule has 4 atom stereocenters. The molecule has 0 radical (unpaired) electrons. The fourth-order valence-electron chi connectivity index (χ4n) is 3.79. The molecule has 0 saturated heterocycles. The van der Waals surface area contributed by atoms with Gasteiger partial charge in [0, 0.05) is 18.1 Å². The lowest BCUT2D eigenvalue weighted by Gasteiger charge is -2.48. The van der Waals surface area contributed by atoms with Gasteiger partial charge in [-0.3, -0.25) is 0 Å². The van der Waals surface area contributed by atoms with Crippen LogP contribution < -0.4 is 11.1 Å². The predicted octanol–water partition coefficient (Wildman–Crippen LogP) is 2.28. The summed E-state index contributed by atoms with van der Waals surface area (Å²) in [5.74, 6) is 1.33. The van der Waals surface area contributed by atoms with Gasteiger partial charge in [-0.2, -0.15) is 0 Å². The van der Waals surface area contributed by atoms with E-state index in [1.165, 1.54) is 25.7 Å². The maximum atomic E-state index is 9.51. The molecule has 0 bridgehead atoms. The van der Waals surface area contributed by atoms with Crippen LogP contribution >= 0.6 is 0 Å². The van der Waals surface area contributed by atoms with Crippen molar-refractivity contribution < 1.29 is 5.11 Å². The third kappa shape index (κ3) is 3.94. The molecule has 0 aromatic rings. The molecule has 4 N–H and O–H groups in total. The Balaban J connectivity index is 2.74. The van der Waals surface area contributed by atoms with Crippen molar-refractivity contribution in [3.05, 3.63) is 0 Å². The summed E-state index contributed by atoms with van der Waals surface area (Å²) in [7, 11) is 0. The summed E-state index contributed by atoms with van der Waals surface area (Å²) in [5, 5.41) is 13.3. The zero-order valence-electron chi connectivity index (χ0n) is 12.6. The van der Waals surface area contributed by atoms with Crippen LogP contribution in [0.5, 0.6) is 0 Å². The van der Waals surface area contributed by atoms with Gasteiger partial charge in [0.2, 0.25) is 0 Å². The summed E-state index contributed by atoms with van der Waals surface area (Å²) in [6.45, 7) is 9.34. The molecule has 108 valence electrons. The summed E-state index contributed by atoms with van der Waals surface area (Å²) in [6, 6.07) is 0.327. The van der Waals surface area contributed by atoms with E-state index in [2.05, 4.69) is 26.1 Å². The summed E-state index contributed by atoms with van der Waals surface area (Å²) < 4.78 is 0. The van der Waals surface area contributed by atoms with Crippen molar-refractivity contribution in [3.63, 3.8) is 0 Å². The molecule has 1 aliphatic carbocycles. The van der Waals surface area contributed by atoms with E-state index in [1.54, 1.807) is 0 Å². The number of hydrogen-bond acceptors (Lipinski definition) is 3. The molecule has 0 aromatic carbocycles. The van der Waals surface area contributed by atoms with Gasteiger partial charge in [-0.1, -0.05) is 26.7 Å². The zero-order chi connectivity index (χ0) is 13.8. The first-order valence-corrected chi connectivity index (χ1v) is 7.57. The average molecular weight is 256 g/mol. The van der Waals surface area contributed by atoms with Crippen molar-refractivity contribution in [2.75, 3.05) is 6.54 Å². The number of nitrogens with two attached hydrogens (primary N) is 1. The van der Waals surface area contributed by atoms with Crippen LogP contribution in [0, 0.1) is 11.8 Å². The molecule has 4 unspecified atom stereocenters. The van der Waals surface area contributed by atoms with Gasteiger partial charge in [-0.25, -0.2) is 0 Å². The summed E-state index contributed by atoms with van der Waals surface area (Å²) in [6.07, 6.45) is 5.61. The summed E-state index contributed by atoms with van der Waals surface area (Å²) >= 11 is 0. The van der Waals surface area contributed by atoms with Gasteiger partial charge in [-0.05, 0) is 44.9 Å². The van der Waals surface area contributed by atoms with Crippen molar-refractivity contribution in [1.82, 2.24) is 5.32 Å². The molecule has 1 aliphatic rings.